The molecule has 0 bridgehead atoms. The Morgan fingerprint density at radius 3 is 1.66 bits per heavy atom. The van der Waals surface area contributed by atoms with Crippen LogP contribution in [0.3, 0.4) is 0 Å². The van der Waals surface area contributed by atoms with Gasteiger partial charge in [0.2, 0.25) is 0 Å². The van der Waals surface area contributed by atoms with Crippen molar-refractivity contribution in [2.75, 3.05) is 0 Å². The van der Waals surface area contributed by atoms with Crippen LogP contribution in [0.25, 0.3) is 94.5 Å². The first-order valence-corrected chi connectivity index (χ1v) is 28.0. The van der Waals surface area contributed by atoms with Crippen LogP contribution in [-0.4, -0.2) is 22.2 Å². The molecular formula is C76H57N4OSi+. The summed E-state index contributed by atoms with van der Waals surface area (Å²) in [6.07, 6.45) is 3.19. The van der Waals surface area contributed by atoms with E-state index in [0.717, 1.165) is 39.5 Å². The van der Waals surface area contributed by atoms with E-state index in [1.54, 1.807) is 53.2 Å². The molecule has 0 aliphatic carbocycles. The average Bonchev–Trinajstić information content (AvgIpc) is 1.67. The van der Waals surface area contributed by atoms with E-state index in [1.165, 1.54) is 17.0 Å². The summed E-state index contributed by atoms with van der Waals surface area (Å²) in [5.41, 5.74) is -2.06. The van der Waals surface area contributed by atoms with Crippen molar-refractivity contribution in [1.29, 1.82) is 0 Å². The van der Waals surface area contributed by atoms with Gasteiger partial charge in [0.25, 0.3) is 6.33 Å². The molecule has 0 unspecified atom stereocenters. The van der Waals surface area contributed by atoms with Gasteiger partial charge in [-0.3, -0.25) is 4.57 Å². The van der Waals surface area contributed by atoms with Gasteiger partial charge in [-0.05, 0) is 126 Å². The highest BCUT2D eigenvalue weighted by Gasteiger charge is 2.43. The first-order valence-electron chi connectivity index (χ1n) is 40.0. The van der Waals surface area contributed by atoms with Gasteiger partial charge in [0.15, 0.2) is 19.1 Å². The first-order chi connectivity index (χ1) is 51.9. The zero-order valence-electron chi connectivity index (χ0n) is 71.7. The number of ether oxygens (including phenoxy) is 1. The smallest absolute Gasteiger partial charge is 0.255 e. The average molecular weight is 1100 g/mol. The van der Waals surface area contributed by atoms with Gasteiger partial charge in [-0.15, -0.1) is 0 Å². The summed E-state index contributed by atoms with van der Waals surface area (Å²) in [5, 5.41) is -1.97. The van der Waals surface area contributed by atoms with E-state index < -0.39 is 237 Å². The zero-order chi connectivity index (χ0) is 79.3. The van der Waals surface area contributed by atoms with E-state index in [1.807, 2.05) is 53.1 Å². The molecule has 14 aromatic rings. The van der Waals surface area contributed by atoms with Gasteiger partial charge in [-0.1, -0.05) is 220 Å². The van der Waals surface area contributed by atoms with E-state index in [2.05, 4.69) is 20.8 Å². The quantitative estimate of drug-likeness (QED) is 0.0820. The predicted octanol–water partition coefficient (Wildman–Crippen LogP) is 15.8. The molecule has 1 aliphatic heterocycles. The lowest BCUT2D eigenvalue weighted by Gasteiger charge is -2.35. The minimum atomic E-state index is -6.42. The maximum Gasteiger partial charge on any atom is 0.255 e. The van der Waals surface area contributed by atoms with Crippen LogP contribution in [0.5, 0.6) is 11.5 Å². The number of fused-ring (bicyclic) bond motifs is 10. The number of nitrogens with zero attached hydrogens (tertiary/aromatic N) is 4. The van der Waals surface area contributed by atoms with Crippen molar-refractivity contribution in [1.82, 2.24) is 14.1 Å². The first kappa shape index (κ1) is 27.8. The monoisotopic (exact) mass is 1100 g/mol. The maximum absolute atomic E-state index is 10.3. The zero-order valence-corrected chi connectivity index (χ0v) is 44.7. The Labute approximate surface area is 518 Å². The van der Waals surface area contributed by atoms with Crippen LogP contribution in [0.1, 0.15) is 64.7 Å². The molecule has 0 saturated heterocycles. The molecule has 0 amide bonds. The highest BCUT2D eigenvalue weighted by Crippen LogP contribution is 2.45. The highest BCUT2D eigenvalue weighted by molar-refractivity contribution is 7.20. The second-order valence-corrected chi connectivity index (χ2v) is 24.1. The molecule has 5 nitrogen and oxygen atoms in total. The molecule has 3 aromatic heterocycles. The number of aromatic nitrogens is 4. The van der Waals surface area contributed by atoms with E-state index in [0.29, 0.717) is 11.6 Å². The minimum Gasteiger partial charge on any atom is -0.457 e. The number of rotatable bonds is 9. The molecular weight excluding hydrogens is 1010 g/mol. The molecule has 4 heterocycles. The van der Waals surface area contributed by atoms with Gasteiger partial charge in [-0.2, -0.15) is 9.13 Å². The lowest BCUT2D eigenvalue weighted by Crippen LogP contribution is -2.74. The van der Waals surface area contributed by atoms with Crippen LogP contribution in [-0.2, 0) is 5.41 Å². The molecule has 0 radical (unpaired) electrons. The van der Waals surface area contributed by atoms with Gasteiger partial charge < -0.3 is 4.74 Å². The lowest BCUT2D eigenvalue weighted by atomic mass is 9.88. The summed E-state index contributed by atoms with van der Waals surface area (Å²) in [4.78, 5) is 4.83. The normalized spacial score (nSPS) is 16.9. The second-order valence-electron chi connectivity index (χ2n) is 20.5. The van der Waals surface area contributed by atoms with E-state index >= 15 is 0 Å². The van der Waals surface area contributed by atoms with Crippen LogP contribution in [0.4, 0.5) is 0 Å². The van der Waals surface area contributed by atoms with Crippen LogP contribution < -0.4 is 30.1 Å². The third-order valence-electron chi connectivity index (χ3n) is 14.9. The van der Waals surface area contributed by atoms with Crippen molar-refractivity contribution in [3.63, 3.8) is 0 Å². The summed E-state index contributed by atoms with van der Waals surface area (Å²) < 4.78 is 281. The number of hydrogen-bond acceptors (Lipinski definition) is 2. The van der Waals surface area contributed by atoms with Crippen molar-refractivity contribution in [2.24, 2.45) is 0 Å². The number of pyridine rings is 1. The van der Waals surface area contributed by atoms with Crippen molar-refractivity contribution in [3.05, 3.63) is 296 Å². The topological polar surface area (TPSA) is 35.9 Å². The van der Waals surface area contributed by atoms with Crippen LogP contribution in [0, 0.1) is 0 Å². The second kappa shape index (κ2) is 19.6. The number of hydrogen-bond donors (Lipinski definition) is 0. The van der Waals surface area contributed by atoms with E-state index in [-0.39, 0.29) is 39.0 Å². The third kappa shape index (κ3) is 7.97. The lowest BCUT2D eigenvalue weighted by molar-refractivity contribution is -0.566. The molecule has 0 saturated carbocycles. The van der Waals surface area contributed by atoms with Gasteiger partial charge >= 0.3 is 0 Å². The Morgan fingerprint density at radius 1 is 0.451 bits per heavy atom. The maximum atomic E-state index is 10.3. The van der Waals surface area contributed by atoms with Crippen LogP contribution >= 0.6 is 0 Å². The van der Waals surface area contributed by atoms with Gasteiger partial charge in [0.05, 0.1) is 49.4 Å². The molecule has 390 valence electrons. The standard InChI is InChI=1S/C76H57N4OSi/c1-76(2,3)53-44-45-77-73(46-53)80-70-40-21-20-38-65(70)66-43-42-56(48-72(66)80)81-55-27-22-26-54(47-55)78-51-79-74-68(52-24-8-4-9-25-52)49-60(82(57-28-10-5-11-29-57,58-30-12-6-13-31-58)59-32-14-7-15-33-59)50-69(74)64-37-19-17-35-62(64)61-34-16-18-36-63(61)67-39-23-41-71(78)75(67)79/h4-51H,1-3H3/q+1/i4D,5D,6D,7D,8D,9D,10D,11D,12D,13D,14D,15D,16D,17D,18D,19D,24D,25D,28D,29D,30D,31D,32D,33D,34D,35D,36D,37D. The summed E-state index contributed by atoms with van der Waals surface area (Å²) in [6, 6.07) is 1.27. The molecule has 6 heteroatoms. The summed E-state index contributed by atoms with van der Waals surface area (Å²) >= 11 is 0. The summed E-state index contributed by atoms with van der Waals surface area (Å²) in [6.45, 7) is 6.32. The Hall–Kier alpha value is -10.1. The molecule has 82 heavy (non-hydrogen) atoms. The molecule has 1 aliphatic rings. The molecule has 0 N–H and O–H groups in total. The van der Waals surface area contributed by atoms with Crippen LogP contribution in [0.15, 0.2) is 291 Å². The SMILES string of the molecule is [2H]c1c([2H])c([2H])c(-c2cc([Si](c3c([2H])c([2H])c([2H])c([2H])c3[2H])(c3c([2H])c([2H])c([2H])c([2H])c3[2H])c3c([2H])c([2H])c([2H])c([2H])c3[2H])cc3c2-[n+]2cn(-c4cccc(Oc5ccc6c7ccccc7n(-c7cc(C(C)(C)C)ccn7)c6c5)c4)c4cccc(c42)-c2c([2H])c([2H])c([2H])c([2H])c2-c2c([2H])c([2H])c([2H])c([2H])c2-3)c([2H])c1[2H]. The number of para-hydroxylation sites is 2. The van der Waals surface area contributed by atoms with Gasteiger partial charge in [0, 0.05) is 45.8 Å². The Bertz CT molecular complexity index is 6220. The van der Waals surface area contributed by atoms with Crippen molar-refractivity contribution >= 4 is 61.7 Å². The molecule has 15 rings (SSSR count). The largest absolute Gasteiger partial charge is 0.457 e. The third-order valence-corrected chi connectivity index (χ3v) is 19.1. The number of imidazole rings is 1. The van der Waals surface area contributed by atoms with Crippen LogP contribution in [0.2, 0.25) is 0 Å². The molecule has 0 spiro atoms. The fourth-order valence-electron chi connectivity index (χ4n) is 11.3. The molecule has 0 fully saturated rings. The van der Waals surface area contributed by atoms with Gasteiger partial charge in [-0.25, -0.2) is 4.98 Å². The number of benzene rings is 11. The fourth-order valence-corrected chi connectivity index (χ4v) is 15.1. The van der Waals surface area contributed by atoms with E-state index in [9.17, 15) is 32.9 Å². The van der Waals surface area contributed by atoms with E-state index in [4.69, 9.17) is 15.2 Å². The summed E-state index contributed by atoms with van der Waals surface area (Å²) in [7, 11) is -6.42. The minimum absolute atomic E-state index is 0.0523. The Balaban J connectivity index is 1.16. The molecule has 0 atom stereocenters. The van der Waals surface area contributed by atoms with Crippen molar-refractivity contribution in [2.45, 2.75) is 26.2 Å². The highest BCUT2D eigenvalue weighted by atomic mass is 28.3. The van der Waals surface area contributed by atoms with Crippen molar-refractivity contribution < 1.29 is 47.7 Å². The fraction of sp³-hybridized carbons (Fsp3) is 0.0526. The summed E-state index contributed by atoms with van der Waals surface area (Å²) in [5.74, 6) is 1.27. The Kier molecular flexibility index (Phi) is 6.65. The predicted molar refractivity (Wildman–Crippen MR) is 341 cm³/mol. The van der Waals surface area contributed by atoms with Gasteiger partial charge in [0.1, 0.15) is 28.7 Å². The van der Waals surface area contributed by atoms with Crippen molar-refractivity contribution in [3.8, 4) is 73.2 Å². The molecule has 11 aromatic carbocycles. The Morgan fingerprint density at radius 2 is 1.00 bits per heavy atom.